The minimum atomic E-state index is -0.203. The molecule has 0 radical (unpaired) electrons. The highest BCUT2D eigenvalue weighted by Gasteiger charge is 2.28. The predicted molar refractivity (Wildman–Crippen MR) is 115 cm³/mol. The number of carbonyl (C=O) groups is 3. The number of piperazine rings is 1. The number of ketones is 1. The van der Waals surface area contributed by atoms with E-state index in [4.69, 9.17) is 11.6 Å². The molecule has 4 rings (SSSR count). The lowest BCUT2D eigenvalue weighted by Crippen LogP contribution is -2.51. The van der Waals surface area contributed by atoms with E-state index in [0.29, 0.717) is 60.5 Å². The molecule has 2 aromatic rings. The van der Waals surface area contributed by atoms with Crippen molar-refractivity contribution in [3.8, 4) is 0 Å². The number of rotatable bonds is 6. The molecule has 6 nitrogen and oxygen atoms in total. The van der Waals surface area contributed by atoms with Gasteiger partial charge in [0, 0.05) is 48.4 Å². The minimum Gasteiger partial charge on any atom is -0.352 e. The maximum atomic E-state index is 13.1. The number of amides is 2. The average Bonchev–Trinajstić information content (AvgIpc) is 3.57. The van der Waals surface area contributed by atoms with Gasteiger partial charge in [0.1, 0.15) is 0 Å². The number of nitrogens with one attached hydrogen (secondary N) is 1. The van der Waals surface area contributed by atoms with Crippen LogP contribution in [-0.2, 0) is 4.79 Å². The summed E-state index contributed by atoms with van der Waals surface area (Å²) in [5, 5.41) is 3.55. The molecule has 0 atom stereocenters. The zero-order valence-corrected chi connectivity index (χ0v) is 17.4. The number of nitrogens with zero attached hydrogens (tertiary/aromatic N) is 2. The first-order valence-electron chi connectivity index (χ1n) is 10.2. The second-order valence-corrected chi connectivity index (χ2v) is 8.23. The van der Waals surface area contributed by atoms with E-state index in [1.807, 2.05) is 0 Å². The van der Waals surface area contributed by atoms with E-state index in [1.54, 1.807) is 53.4 Å². The second-order valence-electron chi connectivity index (χ2n) is 7.79. The van der Waals surface area contributed by atoms with E-state index in [2.05, 4.69) is 10.2 Å². The Morgan fingerprint density at radius 1 is 0.900 bits per heavy atom. The highest BCUT2D eigenvalue weighted by Crippen LogP contribution is 2.20. The molecular weight excluding hydrogens is 402 g/mol. The van der Waals surface area contributed by atoms with Gasteiger partial charge in [0.05, 0.1) is 12.1 Å². The summed E-state index contributed by atoms with van der Waals surface area (Å²) in [6.45, 7) is 2.69. The fraction of sp³-hybridized carbons (Fsp3) is 0.348. The van der Waals surface area contributed by atoms with Crippen LogP contribution in [0.15, 0.2) is 48.5 Å². The molecule has 1 aliphatic carbocycles. The molecule has 2 aromatic carbocycles. The molecule has 1 aliphatic heterocycles. The molecule has 156 valence electrons. The number of benzene rings is 2. The average molecular weight is 426 g/mol. The van der Waals surface area contributed by atoms with Gasteiger partial charge in [0.2, 0.25) is 5.91 Å². The Morgan fingerprint density at radius 3 is 2.17 bits per heavy atom. The highest BCUT2D eigenvalue weighted by atomic mass is 35.5. The van der Waals surface area contributed by atoms with Crippen LogP contribution in [0.5, 0.6) is 0 Å². The third-order valence-corrected chi connectivity index (χ3v) is 5.73. The van der Waals surface area contributed by atoms with Crippen LogP contribution >= 0.6 is 11.6 Å². The van der Waals surface area contributed by atoms with Crippen molar-refractivity contribution >= 4 is 29.2 Å². The molecule has 1 heterocycles. The number of halogens is 1. The summed E-state index contributed by atoms with van der Waals surface area (Å²) in [4.78, 5) is 41.9. The third-order valence-electron chi connectivity index (χ3n) is 5.48. The fourth-order valence-electron chi connectivity index (χ4n) is 3.61. The zero-order valence-electron chi connectivity index (χ0n) is 16.6. The van der Waals surface area contributed by atoms with Crippen LogP contribution in [0.2, 0.25) is 5.02 Å². The van der Waals surface area contributed by atoms with Crippen molar-refractivity contribution in [1.82, 2.24) is 15.1 Å². The van der Waals surface area contributed by atoms with Crippen molar-refractivity contribution in [2.45, 2.75) is 18.9 Å². The van der Waals surface area contributed by atoms with E-state index < -0.39 is 0 Å². The Labute approximate surface area is 180 Å². The first-order valence-corrected chi connectivity index (χ1v) is 10.6. The predicted octanol–water partition coefficient (Wildman–Crippen LogP) is 2.61. The normalized spacial score (nSPS) is 16.9. The number of hydrogen-bond acceptors (Lipinski definition) is 4. The summed E-state index contributed by atoms with van der Waals surface area (Å²) < 4.78 is 0. The Hall–Kier alpha value is -2.70. The standard InChI is InChI=1S/C23H24ClN3O3/c24-17-7-5-16(6-8-17)22(29)19-3-1-2-4-20(19)23(30)27-13-11-26(12-14-27)15-21(28)25-18-9-10-18/h1-8,18H,9-15H2,(H,25,28). The van der Waals surface area contributed by atoms with Crippen molar-refractivity contribution < 1.29 is 14.4 Å². The molecule has 7 heteroatoms. The summed E-state index contributed by atoms with van der Waals surface area (Å²) in [6, 6.07) is 13.9. The van der Waals surface area contributed by atoms with Crippen LogP contribution in [0.25, 0.3) is 0 Å². The van der Waals surface area contributed by atoms with Crippen LogP contribution in [-0.4, -0.2) is 66.2 Å². The van der Waals surface area contributed by atoms with Gasteiger partial charge in [-0.25, -0.2) is 0 Å². The van der Waals surface area contributed by atoms with Crippen molar-refractivity contribution in [2.24, 2.45) is 0 Å². The molecule has 0 bridgehead atoms. The Kier molecular flexibility index (Phi) is 6.16. The van der Waals surface area contributed by atoms with E-state index in [-0.39, 0.29) is 17.6 Å². The quantitative estimate of drug-likeness (QED) is 0.722. The van der Waals surface area contributed by atoms with Gasteiger partial charge in [-0.1, -0.05) is 29.8 Å². The smallest absolute Gasteiger partial charge is 0.254 e. The summed E-state index contributed by atoms with van der Waals surface area (Å²) in [5.41, 5.74) is 1.28. The summed E-state index contributed by atoms with van der Waals surface area (Å²) >= 11 is 5.92. The van der Waals surface area contributed by atoms with Gasteiger partial charge < -0.3 is 10.2 Å². The molecule has 0 aromatic heterocycles. The lowest BCUT2D eigenvalue weighted by molar-refractivity contribution is -0.122. The summed E-state index contributed by atoms with van der Waals surface area (Å²) in [5.74, 6) is -0.308. The van der Waals surface area contributed by atoms with Crippen LogP contribution in [0.1, 0.15) is 39.1 Å². The second kappa shape index (κ2) is 8.98. The molecule has 0 spiro atoms. The van der Waals surface area contributed by atoms with Gasteiger partial charge in [-0.05, 0) is 43.2 Å². The largest absolute Gasteiger partial charge is 0.352 e. The molecule has 1 saturated heterocycles. The molecule has 2 fully saturated rings. The van der Waals surface area contributed by atoms with E-state index in [9.17, 15) is 14.4 Å². The summed E-state index contributed by atoms with van der Waals surface area (Å²) in [7, 11) is 0. The van der Waals surface area contributed by atoms with Gasteiger partial charge in [-0.2, -0.15) is 0 Å². The van der Waals surface area contributed by atoms with Gasteiger partial charge in [0.25, 0.3) is 5.91 Å². The Balaban J connectivity index is 1.41. The molecule has 2 aliphatic rings. The molecule has 0 unspecified atom stereocenters. The summed E-state index contributed by atoms with van der Waals surface area (Å²) in [6.07, 6.45) is 2.14. The molecule has 1 N–H and O–H groups in total. The maximum Gasteiger partial charge on any atom is 0.254 e. The number of carbonyl (C=O) groups excluding carboxylic acids is 3. The van der Waals surface area contributed by atoms with Crippen molar-refractivity contribution in [1.29, 1.82) is 0 Å². The molecule has 30 heavy (non-hydrogen) atoms. The van der Waals surface area contributed by atoms with Gasteiger partial charge >= 0.3 is 0 Å². The van der Waals surface area contributed by atoms with Gasteiger partial charge in [0.15, 0.2) is 5.78 Å². The van der Waals surface area contributed by atoms with Gasteiger partial charge in [-0.3, -0.25) is 19.3 Å². The Morgan fingerprint density at radius 2 is 1.53 bits per heavy atom. The lowest BCUT2D eigenvalue weighted by Gasteiger charge is -2.34. The highest BCUT2D eigenvalue weighted by molar-refractivity contribution is 6.30. The van der Waals surface area contributed by atoms with Crippen molar-refractivity contribution in [3.05, 3.63) is 70.2 Å². The fourth-order valence-corrected chi connectivity index (χ4v) is 3.73. The zero-order chi connectivity index (χ0) is 21.1. The molecule has 1 saturated carbocycles. The number of hydrogen-bond donors (Lipinski definition) is 1. The first kappa shape index (κ1) is 20.6. The lowest BCUT2D eigenvalue weighted by atomic mass is 9.97. The van der Waals surface area contributed by atoms with Crippen LogP contribution in [0.3, 0.4) is 0 Å². The van der Waals surface area contributed by atoms with Crippen molar-refractivity contribution in [3.63, 3.8) is 0 Å². The van der Waals surface area contributed by atoms with E-state index in [1.165, 1.54) is 0 Å². The monoisotopic (exact) mass is 425 g/mol. The van der Waals surface area contributed by atoms with Gasteiger partial charge in [-0.15, -0.1) is 0 Å². The molecular formula is C23H24ClN3O3. The SMILES string of the molecule is O=C(CN1CCN(C(=O)c2ccccc2C(=O)c2ccc(Cl)cc2)CC1)NC1CC1. The topological polar surface area (TPSA) is 69.7 Å². The molecule has 2 amide bonds. The van der Waals surface area contributed by atoms with Crippen LogP contribution < -0.4 is 5.32 Å². The van der Waals surface area contributed by atoms with Crippen LogP contribution in [0, 0.1) is 0 Å². The van der Waals surface area contributed by atoms with E-state index >= 15 is 0 Å². The third kappa shape index (κ3) is 4.89. The van der Waals surface area contributed by atoms with Crippen molar-refractivity contribution in [2.75, 3.05) is 32.7 Å². The maximum absolute atomic E-state index is 13.1. The Bertz CT molecular complexity index is 948. The minimum absolute atomic E-state index is 0.0520. The van der Waals surface area contributed by atoms with E-state index in [0.717, 1.165) is 12.8 Å². The first-order chi connectivity index (χ1) is 14.5. The van der Waals surface area contributed by atoms with Crippen LogP contribution in [0.4, 0.5) is 0 Å².